The lowest BCUT2D eigenvalue weighted by atomic mass is 10.1. The molecule has 2 aromatic carbocycles. The minimum absolute atomic E-state index is 0.0940. The Kier molecular flexibility index (Phi) is 7.35. The van der Waals surface area contributed by atoms with Crippen LogP contribution in [0.25, 0.3) is 0 Å². The number of amides is 1. The van der Waals surface area contributed by atoms with Gasteiger partial charge in [-0.15, -0.1) is 0 Å². The van der Waals surface area contributed by atoms with Crippen molar-refractivity contribution in [1.82, 2.24) is 9.97 Å². The number of aryl methyl sites for hydroxylation is 2. The van der Waals surface area contributed by atoms with Gasteiger partial charge < -0.3 is 15.1 Å². The number of carbonyl (C=O) groups excluding carboxylic acids is 1. The molecule has 0 saturated carbocycles. The Bertz CT molecular complexity index is 1150. The molecule has 0 bridgehead atoms. The number of piperazine rings is 1. The lowest BCUT2D eigenvalue weighted by molar-refractivity contribution is -0.113. The molecule has 6 nitrogen and oxygen atoms in total. The summed E-state index contributed by atoms with van der Waals surface area (Å²) in [4.78, 5) is 25.8. The van der Waals surface area contributed by atoms with E-state index in [-0.39, 0.29) is 22.4 Å². The van der Waals surface area contributed by atoms with E-state index in [1.54, 1.807) is 6.20 Å². The fourth-order valence-corrected chi connectivity index (χ4v) is 4.51. The molecule has 1 aromatic heterocycles. The van der Waals surface area contributed by atoms with Crippen LogP contribution in [0.4, 0.5) is 21.6 Å². The largest absolute Gasteiger partial charge is 0.368 e. The number of rotatable bonds is 6. The summed E-state index contributed by atoms with van der Waals surface area (Å²) in [5.41, 5.74) is 4.09. The van der Waals surface area contributed by atoms with Gasteiger partial charge in [-0.25, -0.2) is 14.4 Å². The summed E-state index contributed by atoms with van der Waals surface area (Å²) in [6.07, 6.45) is 1.71. The van der Waals surface area contributed by atoms with Crippen molar-refractivity contribution < 1.29 is 9.18 Å². The van der Waals surface area contributed by atoms with E-state index in [1.165, 1.54) is 46.8 Å². The van der Waals surface area contributed by atoms with Crippen LogP contribution in [0, 0.1) is 19.7 Å². The highest BCUT2D eigenvalue weighted by Crippen LogP contribution is 2.26. The van der Waals surface area contributed by atoms with Gasteiger partial charge in [0.1, 0.15) is 11.6 Å². The maximum Gasteiger partial charge on any atom is 0.234 e. The number of nitrogens with one attached hydrogen (secondary N) is 1. The van der Waals surface area contributed by atoms with Crippen molar-refractivity contribution >= 4 is 46.5 Å². The highest BCUT2D eigenvalue weighted by molar-refractivity contribution is 7.99. The molecule has 3 aromatic rings. The molecule has 1 aliphatic heterocycles. The van der Waals surface area contributed by atoms with Crippen molar-refractivity contribution in [2.75, 3.05) is 47.0 Å². The number of thioether (sulfide) groups is 1. The Morgan fingerprint density at radius 2 is 1.85 bits per heavy atom. The van der Waals surface area contributed by atoms with Crippen LogP contribution in [-0.2, 0) is 4.79 Å². The molecule has 0 unspecified atom stereocenters. The van der Waals surface area contributed by atoms with Gasteiger partial charge >= 0.3 is 0 Å². The van der Waals surface area contributed by atoms with Gasteiger partial charge in [0.05, 0.1) is 16.5 Å². The number of nitrogens with zero attached hydrogens (tertiary/aromatic N) is 4. The number of aromatic nitrogens is 2. The number of halogens is 2. The van der Waals surface area contributed by atoms with E-state index in [9.17, 15) is 9.18 Å². The lowest BCUT2D eigenvalue weighted by Crippen LogP contribution is -2.47. The molecule has 0 spiro atoms. The van der Waals surface area contributed by atoms with Gasteiger partial charge in [-0.2, -0.15) is 0 Å². The van der Waals surface area contributed by atoms with Crippen LogP contribution < -0.4 is 15.1 Å². The van der Waals surface area contributed by atoms with Gasteiger partial charge in [-0.05, 0) is 55.3 Å². The van der Waals surface area contributed by atoms with Crippen LogP contribution in [0.5, 0.6) is 0 Å². The first-order valence-electron chi connectivity index (χ1n) is 10.7. The zero-order valence-corrected chi connectivity index (χ0v) is 20.1. The number of anilines is 3. The number of carbonyl (C=O) groups is 1. The molecule has 0 aliphatic carbocycles. The Hall–Kier alpha value is -2.84. The zero-order chi connectivity index (χ0) is 23.4. The first-order chi connectivity index (χ1) is 15.9. The van der Waals surface area contributed by atoms with Crippen LogP contribution in [-0.4, -0.2) is 47.8 Å². The summed E-state index contributed by atoms with van der Waals surface area (Å²) in [7, 11) is 0. The molecule has 0 radical (unpaired) electrons. The maximum atomic E-state index is 13.4. The van der Waals surface area contributed by atoms with Crippen molar-refractivity contribution in [1.29, 1.82) is 0 Å². The number of hydrogen-bond donors (Lipinski definition) is 1. The van der Waals surface area contributed by atoms with E-state index in [0.717, 1.165) is 32.0 Å². The van der Waals surface area contributed by atoms with Crippen LogP contribution in [0.15, 0.2) is 53.8 Å². The second-order valence-electron chi connectivity index (χ2n) is 7.92. The first-order valence-corrected chi connectivity index (χ1v) is 12.0. The van der Waals surface area contributed by atoms with E-state index < -0.39 is 5.82 Å². The summed E-state index contributed by atoms with van der Waals surface area (Å²) < 4.78 is 13.4. The van der Waals surface area contributed by atoms with Gasteiger partial charge in [-0.3, -0.25) is 4.79 Å². The second kappa shape index (κ2) is 10.4. The first kappa shape index (κ1) is 23.3. The van der Waals surface area contributed by atoms with Crippen LogP contribution in [0.1, 0.15) is 11.1 Å². The topological polar surface area (TPSA) is 61.4 Å². The van der Waals surface area contributed by atoms with Crippen molar-refractivity contribution in [3.05, 3.63) is 70.6 Å². The minimum Gasteiger partial charge on any atom is -0.368 e. The zero-order valence-electron chi connectivity index (χ0n) is 18.5. The third kappa shape index (κ3) is 5.94. The van der Waals surface area contributed by atoms with E-state index in [4.69, 9.17) is 11.6 Å². The molecule has 172 valence electrons. The Morgan fingerprint density at radius 1 is 1.09 bits per heavy atom. The van der Waals surface area contributed by atoms with Crippen LogP contribution in [0.3, 0.4) is 0 Å². The Morgan fingerprint density at radius 3 is 2.64 bits per heavy atom. The summed E-state index contributed by atoms with van der Waals surface area (Å²) in [6.45, 7) is 7.79. The van der Waals surface area contributed by atoms with E-state index in [0.29, 0.717) is 5.16 Å². The molecular weight excluding hydrogens is 461 g/mol. The molecule has 0 atom stereocenters. The third-order valence-electron chi connectivity index (χ3n) is 5.46. The number of benzene rings is 2. The predicted molar refractivity (Wildman–Crippen MR) is 133 cm³/mol. The monoisotopic (exact) mass is 485 g/mol. The Balaban J connectivity index is 1.33. The summed E-state index contributed by atoms with van der Waals surface area (Å²) >= 11 is 7.24. The summed E-state index contributed by atoms with van der Waals surface area (Å²) in [6, 6.07) is 12.3. The maximum absolute atomic E-state index is 13.4. The van der Waals surface area contributed by atoms with E-state index in [1.807, 2.05) is 6.07 Å². The summed E-state index contributed by atoms with van der Waals surface area (Å²) in [5.74, 6) is 0.179. The van der Waals surface area contributed by atoms with Gasteiger partial charge in [0.15, 0.2) is 5.16 Å². The molecule has 1 N–H and O–H groups in total. The van der Waals surface area contributed by atoms with E-state index >= 15 is 0 Å². The third-order valence-corrected chi connectivity index (χ3v) is 6.65. The predicted octanol–water partition coefficient (Wildman–Crippen LogP) is 4.94. The van der Waals surface area contributed by atoms with Crippen molar-refractivity contribution in [2.45, 2.75) is 19.0 Å². The van der Waals surface area contributed by atoms with Gasteiger partial charge in [0.25, 0.3) is 0 Å². The molecule has 9 heteroatoms. The average molecular weight is 486 g/mol. The highest BCUT2D eigenvalue weighted by atomic mass is 35.5. The van der Waals surface area contributed by atoms with Gasteiger partial charge in [0.2, 0.25) is 5.91 Å². The van der Waals surface area contributed by atoms with Gasteiger partial charge in [-0.1, -0.05) is 35.5 Å². The molecule has 4 rings (SSSR count). The summed E-state index contributed by atoms with van der Waals surface area (Å²) in [5, 5.41) is 3.43. The molecule has 33 heavy (non-hydrogen) atoms. The standard InChI is InChI=1S/C24H25ClFN5OS/c1-16-3-4-17(2)21(13-16)30-9-11-31(12-10-30)22-7-8-27-24(29-22)33-15-23(32)28-20-14-18(26)5-6-19(20)25/h3-8,13-14H,9-12,15H2,1-2H3,(H,28,32). The molecule has 1 amide bonds. The second-order valence-corrected chi connectivity index (χ2v) is 9.27. The smallest absolute Gasteiger partial charge is 0.234 e. The fraction of sp³-hybridized carbons (Fsp3) is 0.292. The fourth-order valence-electron chi connectivity index (χ4n) is 3.72. The minimum atomic E-state index is -0.462. The molecule has 2 heterocycles. The molecule has 1 aliphatic rings. The van der Waals surface area contributed by atoms with Crippen LogP contribution >= 0.6 is 23.4 Å². The SMILES string of the molecule is Cc1ccc(C)c(N2CCN(c3ccnc(SCC(=O)Nc4cc(F)ccc4Cl)n3)CC2)c1. The average Bonchev–Trinajstić information content (AvgIpc) is 2.82. The Labute approximate surface area is 202 Å². The molecule has 1 fully saturated rings. The normalized spacial score (nSPS) is 13.8. The van der Waals surface area contributed by atoms with Crippen LogP contribution in [0.2, 0.25) is 5.02 Å². The van der Waals surface area contributed by atoms with Crippen molar-refractivity contribution in [2.24, 2.45) is 0 Å². The highest BCUT2D eigenvalue weighted by Gasteiger charge is 2.20. The van der Waals surface area contributed by atoms with Gasteiger partial charge in [0, 0.05) is 38.1 Å². The lowest BCUT2D eigenvalue weighted by Gasteiger charge is -2.37. The molecule has 1 saturated heterocycles. The van der Waals surface area contributed by atoms with Crippen molar-refractivity contribution in [3.63, 3.8) is 0 Å². The van der Waals surface area contributed by atoms with Crippen molar-refractivity contribution in [3.8, 4) is 0 Å². The number of hydrogen-bond acceptors (Lipinski definition) is 6. The molecular formula is C24H25ClFN5OS. The quantitative estimate of drug-likeness (QED) is 0.394. The van der Waals surface area contributed by atoms with E-state index in [2.05, 4.69) is 57.1 Å².